The lowest BCUT2D eigenvalue weighted by atomic mass is 10.1. The number of carbonyl (C=O) groups excluding carboxylic acids is 1. The van der Waals surface area contributed by atoms with Crippen molar-refractivity contribution in [3.8, 4) is 0 Å². The first-order chi connectivity index (χ1) is 14.3. The zero-order valence-electron chi connectivity index (χ0n) is 16.4. The highest BCUT2D eigenvalue weighted by Gasteiger charge is 2.24. The van der Waals surface area contributed by atoms with Gasteiger partial charge in [0.05, 0.1) is 29.6 Å². The molecule has 1 saturated heterocycles. The van der Waals surface area contributed by atoms with Gasteiger partial charge in [-0.25, -0.2) is 16.8 Å². The van der Waals surface area contributed by atoms with Gasteiger partial charge in [0.1, 0.15) is 0 Å². The van der Waals surface area contributed by atoms with Crippen molar-refractivity contribution in [3.63, 3.8) is 0 Å². The van der Waals surface area contributed by atoms with E-state index >= 15 is 0 Å². The maximum Gasteiger partial charge on any atom is 0.251 e. The summed E-state index contributed by atoms with van der Waals surface area (Å²) in [5.41, 5.74) is 0.756. The van der Waals surface area contributed by atoms with Gasteiger partial charge in [-0.05, 0) is 29.8 Å². The Kier molecular flexibility index (Phi) is 7.24. The first kappa shape index (κ1) is 22.4. The van der Waals surface area contributed by atoms with E-state index in [9.17, 15) is 21.6 Å². The van der Waals surface area contributed by atoms with Crippen LogP contribution in [0.3, 0.4) is 0 Å². The molecular formula is C20H24N2O6S2. The Morgan fingerprint density at radius 3 is 2.37 bits per heavy atom. The molecule has 0 saturated carbocycles. The molecule has 30 heavy (non-hydrogen) atoms. The van der Waals surface area contributed by atoms with Crippen molar-refractivity contribution < 1.29 is 26.4 Å². The Bertz CT molecular complexity index is 1080. The highest BCUT2D eigenvalue weighted by molar-refractivity contribution is 7.90. The van der Waals surface area contributed by atoms with Crippen molar-refractivity contribution in [2.24, 2.45) is 0 Å². The molecule has 1 fully saturated rings. The SMILES string of the molecule is O=C(NCCS(=O)(=O)N1CCOCC1)c1cccc(CS(=O)(=O)c2ccccc2)c1. The smallest absolute Gasteiger partial charge is 0.251 e. The summed E-state index contributed by atoms with van der Waals surface area (Å²) in [4.78, 5) is 12.6. The molecule has 2 aromatic rings. The maximum absolute atomic E-state index is 12.5. The van der Waals surface area contributed by atoms with Crippen LogP contribution >= 0.6 is 0 Å². The second-order valence-electron chi connectivity index (χ2n) is 6.86. The molecule has 0 aromatic heterocycles. The van der Waals surface area contributed by atoms with Crippen LogP contribution in [0.5, 0.6) is 0 Å². The van der Waals surface area contributed by atoms with Crippen molar-refractivity contribution in [1.29, 1.82) is 0 Å². The summed E-state index contributed by atoms with van der Waals surface area (Å²) in [6.07, 6.45) is 0. The van der Waals surface area contributed by atoms with Crippen LogP contribution in [0.15, 0.2) is 59.5 Å². The molecule has 0 radical (unpaired) electrons. The average Bonchev–Trinajstić information content (AvgIpc) is 2.75. The third-order valence-corrected chi connectivity index (χ3v) is 8.23. The monoisotopic (exact) mass is 452 g/mol. The standard InChI is InChI=1S/C20H24N2O6S2/c23-20(21-9-14-30(26,27)22-10-12-28-13-11-22)18-6-4-5-17(15-18)16-29(24,25)19-7-2-1-3-8-19/h1-8,15H,9-14,16H2,(H,21,23). The predicted octanol–water partition coefficient (Wildman–Crippen LogP) is 1.05. The van der Waals surface area contributed by atoms with Crippen LogP contribution in [0, 0.1) is 0 Å². The lowest BCUT2D eigenvalue weighted by molar-refractivity contribution is 0.0730. The highest BCUT2D eigenvalue weighted by Crippen LogP contribution is 2.17. The second kappa shape index (κ2) is 9.69. The molecule has 2 aromatic carbocycles. The maximum atomic E-state index is 12.5. The van der Waals surface area contributed by atoms with Gasteiger partial charge >= 0.3 is 0 Å². The summed E-state index contributed by atoms with van der Waals surface area (Å²) in [6.45, 7) is 1.32. The fourth-order valence-corrected chi connectivity index (χ4v) is 5.76. The fraction of sp³-hybridized carbons (Fsp3) is 0.350. The molecule has 0 spiro atoms. The Labute approximate surface area is 176 Å². The van der Waals surface area contributed by atoms with E-state index in [1.165, 1.54) is 22.5 Å². The van der Waals surface area contributed by atoms with Gasteiger partial charge in [0.2, 0.25) is 10.0 Å². The van der Waals surface area contributed by atoms with E-state index in [2.05, 4.69) is 5.32 Å². The molecule has 10 heteroatoms. The van der Waals surface area contributed by atoms with Crippen LogP contribution in [0.4, 0.5) is 0 Å². The number of sulfone groups is 1. The summed E-state index contributed by atoms with van der Waals surface area (Å²) >= 11 is 0. The summed E-state index contributed by atoms with van der Waals surface area (Å²) in [7, 11) is -7.00. The zero-order valence-corrected chi connectivity index (χ0v) is 18.0. The quantitative estimate of drug-likeness (QED) is 0.641. The van der Waals surface area contributed by atoms with Crippen LogP contribution in [-0.2, 0) is 30.4 Å². The lowest BCUT2D eigenvalue weighted by Gasteiger charge is -2.26. The summed E-state index contributed by atoms with van der Waals surface area (Å²) in [5, 5.41) is 2.59. The number of benzene rings is 2. The van der Waals surface area contributed by atoms with Crippen molar-refractivity contribution in [1.82, 2.24) is 9.62 Å². The van der Waals surface area contributed by atoms with Crippen LogP contribution in [0.25, 0.3) is 0 Å². The number of ether oxygens (including phenoxy) is 1. The van der Waals surface area contributed by atoms with E-state index < -0.39 is 25.8 Å². The Balaban J connectivity index is 1.59. The van der Waals surface area contributed by atoms with E-state index in [4.69, 9.17) is 4.74 Å². The van der Waals surface area contributed by atoms with Crippen molar-refractivity contribution in [3.05, 3.63) is 65.7 Å². The van der Waals surface area contributed by atoms with Gasteiger partial charge in [-0.1, -0.05) is 30.3 Å². The minimum atomic E-state index is -3.53. The van der Waals surface area contributed by atoms with Crippen molar-refractivity contribution in [2.45, 2.75) is 10.6 Å². The summed E-state index contributed by atoms with van der Waals surface area (Å²) < 4.78 is 56.2. The van der Waals surface area contributed by atoms with Gasteiger partial charge in [-0.3, -0.25) is 4.79 Å². The molecule has 0 bridgehead atoms. The van der Waals surface area contributed by atoms with Gasteiger partial charge in [-0.2, -0.15) is 4.31 Å². The molecule has 3 rings (SSSR count). The Hall–Kier alpha value is -2.27. The average molecular weight is 453 g/mol. The minimum absolute atomic E-state index is 0.0366. The molecular weight excluding hydrogens is 428 g/mol. The number of rotatable bonds is 8. The largest absolute Gasteiger partial charge is 0.379 e. The van der Waals surface area contributed by atoms with Crippen LogP contribution in [0.1, 0.15) is 15.9 Å². The van der Waals surface area contributed by atoms with Gasteiger partial charge in [0, 0.05) is 25.2 Å². The minimum Gasteiger partial charge on any atom is -0.379 e. The van der Waals surface area contributed by atoms with E-state index in [1.807, 2.05) is 0 Å². The predicted molar refractivity (Wildman–Crippen MR) is 112 cm³/mol. The van der Waals surface area contributed by atoms with Crippen LogP contribution in [-0.4, -0.2) is 65.6 Å². The van der Waals surface area contributed by atoms with E-state index in [-0.39, 0.29) is 28.5 Å². The number of sulfonamides is 1. The molecule has 0 unspecified atom stereocenters. The number of hydrogen-bond acceptors (Lipinski definition) is 6. The molecule has 1 heterocycles. The topological polar surface area (TPSA) is 110 Å². The lowest BCUT2D eigenvalue weighted by Crippen LogP contribution is -2.43. The normalized spacial score (nSPS) is 15.6. The number of nitrogens with one attached hydrogen (secondary N) is 1. The molecule has 1 aliphatic rings. The number of carbonyl (C=O) groups is 1. The van der Waals surface area contributed by atoms with Crippen LogP contribution in [0.2, 0.25) is 0 Å². The third-order valence-electron chi connectivity index (χ3n) is 4.66. The summed E-state index contributed by atoms with van der Waals surface area (Å²) in [6, 6.07) is 14.4. The first-order valence-corrected chi connectivity index (χ1v) is 12.7. The van der Waals surface area contributed by atoms with Gasteiger partial charge in [-0.15, -0.1) is 0 Å². The third kappa shape index (κ3) is 5.88. The molecule has 0 aliphatic carbocycles. The summed E-state index contributed by atoms with van der Waals surface area (Å²) in [5.74, 6) is -0.893. The van der Waals surface area contributed by atoms with Gasteiger partial charge < -0.3 is 10.1 Å². The fourth-order valence-electron chi connectivity index (χ4n) is 3.08. The van der Waals surface area contributed by atoms with E-state index in [1.54, 1.807) is 36.4 Å². The Morgan fingerprint density at radius 1 is 0.967 bits per heavy atom. The second-order valence-corrected chi connectivity index (χ2v) is 10.9. The van der Waals surface area contributed by atoms with E-state index in [0.29, 0.717) is 31.9 Å². The molecule has 1 aliphatic heterocycles. The Morgan fingerprint density at radius 2 is 1.67 bits per heavy atom. The molecule has 0 atom stereocenters. The van der Waals surface area contributed by atoms with Gasteiger partial charge in [0.15, 0.2) is 9.84 Å². The van der Waals surface area contributed by atoms with Crippen molar-refractivity contribution >= 4 is 25.8 Å². The number of hydrogen-bond donors (Lipinski definition) is 1. The van der Waals surface area contributed by atoms with Crippen LogP contribution < -0.4 is 5.32 Å². The number of amides is 1. The van der Waals surface area contributed by atoms with Crippen molar-refractivity contribution in [2.75, 3.05) is 38.6 Å². The molecule has 8 nitrogen and oxygen atoms in total. The van der Waals surface area contributed by atoms with E-state index in [0.717, 1.165) is 0 Å². The molecule has 1 N–H and O–H groups in total. The zero-order chi connectivity index (χ0) is 21.6. The highest BCUT2D eigenvalue weighted by atomic mass is 32.2. The molecule has 162 valence electrons. The first-order valence-electron chi connectivity index (χ1n) is 9.48. The number of nitrogens with zero attached hydrogens (tertiary/aromatic N) is 1. The van der Waals surface area contributed by atoms with Gasteiger partial charge in [0.25, 0.3) is 5.91 Å². The molecule has 1 amide bonds. The number of morpholine rings is 1.